The summed E-state index contributed by atoms with van der Waals surface area (Å²) in [6, 6.07) is 9.10. The Hall–Kier alpha value is -1.90. The van der Waals surface area contributed by atoms with Gasteiger partial charge in [0.05, 0.1) is 16.3 Å². The number of hydrogen-bond acceptors (Lipinski definition) is 5. The molecule has 2 heterocycles. The van der Waals surface area contributed by atoms with E-state index in [1.54, 1.807) is 23.5 Å². The normalized spacial score (nSPS) is 14.5. The number of thiophene rings is 1. The van der Waals surface area contributed by atoms with Crippen molar-refractivity contribution in [3.8, 4) is 0 Å². The smallest absolute Gasteiger partial charge is 0.243 e. The molecule has 0 radical (unpaired) electrons. The van der Waals surface area contributed by atoms with Gasteiger partial charge >= 0.3 is 0 Å². The second kappa shape index (κ2) is 9.73. The summed E-state index contributed by atoms with van der Waals surface area (Å²) in [6.07, 6.45) is 3.25. The minimum atomic E-state index is -3.58. The number of hydrogen-bond donors (Lipinski definition) is 1. The Morgan fingerprint density at radius 2 is 1.90 bits per heavy atom. The molecule has 0 unspecified atom stereocenters. The SMILES string of the molecule is CCN(CC)S(=O)(=O)c1ccc(N2CCCC2)c(NC(=O)CCc2cccs2)c1. The fraction of sp³-hybridized carbons (Fsp3) is 0.476. The van der Waals surface area contributed by atoms with Gasteiger partial charge in [-0.3, -0.25) is 4.79 Å². The average Bonchev–Trinajstić information content (AvgIpc) is 3.41. The van der Waals surface area contributed by atoms with Gasteiger partial charge in [-0.05, 0) is 48.9 Å². The summed E-state index contributed by atoms with van der Waals surface area (Å²) >= 11 is 1.64. The lowest BCUT2D eigenvalue weighted by Gasteiger charge is -2.24. The van der Waals surface area contributed by atoms with E-state index < -0.39 is 10.0 Å². The van der Waals surface area contributed by atoms with Crippen molar-refractivity contribution < 1.29 is 13.2 Å². The molecule has 2 aromatic rings. The molecule has 1 N–H and O–H groups in total. The molecule has 0 spiro atoms. The molecule has 6 nitrogen and oxygen atoms in total. The second-order valence-corrected chi connectivity index (χ2v) is 10.1. The number of rotatable bonds is 9. The van der Waals surface area contributed by atoms with Gasteiger partial charge in [0.2, 0.25) is 15.9 Å². The van der Waals surface area contributed by atoms with Crippen molar-refractivity contribution in [2.75, 3.05) is 36.4 Å². The van der Waals surface area contributed by atoms with E-state index in [9.17, 15) is 13.2 Å². The molecule has 3 rings (SSSR count). The van der Waals surface area contributed by atoms with Gasteiger partial charge in [-0.2, -0.15) is 4.31 Å². The van der Waals surface area contributed by atoms with Gasteiger partial charge in [0.25, 0.3) is 0 Å². The van der Waals surface area contributed by atoms with Crippen LogP contribution < -0.4 is 10.2 Å². The highest BCUT2D eigenvalue weighted by atomic mass is 32.2. The van der Waals surface area contributed by atoms with Gasteiger partial charge in [0.1, 0.15) is 0 Å². The first-order chi connectivity index (χ1) is 14.0. The summed E-state index contributed by atoms with van der Waals surface area (Å²) in [7, 11) is -3.58. The maximum absolute atomic E-state index is 12.9. The molecule has 1 amide bonds. The van der Waals surface area contributed by atoms with E-state index in [0.29, 0.717) is 31.6 Å². The molecule has 29 heavy (non-hydrogen) atoms. The molecule has 1 saturated heterocycles. The molecule has 0 saturated carbocycles. The standard InChI is InChI=1S/C21H29N3O3S2/c1-3-24(4-2)29(26,27)18-10-11-20(23-13-5-6-14-23)19(16-18)22-21(25)12-9-17-8-7-15-28-17/h7-8,10-11,15-16H,3-6,9,12-14H2,1-2H3,(H,22,25). The van der Waals surface area contributed by atoms with Crippen LogP contribution in [0.5, 0.6) is 0 Å². The number of anilines is 2. The zero-order valence-corrected chi connectivity index (χ0v) is 18.7. The average molecular weight is 436 g/mol. The number of benzene rings is 1. The van der Waals surface area contributed by atoms with Gasteiger partial charge in [-0.25, -0.2) is 8.42 Å². The fourth-order valence-electron chi connectivity index (χ4n) is 3.63. The van der Waals surface area contributed by atoms with E-state index in [1.807, 2.05) is 37.4 Å². The first kappa shape index (κ1) is 21.8. The third-order valence-corrected chi connectivity index (χ3v) is 8.19. The van der Waals surface area contributed by atoms with Crippen LogP contribution in [-0.4, -0.2) is 44.8 Å². The Labute approximate surface area is 177 Å². The van der Waals surface area contributed by atoms with Crippen LogP contribution in [0.4, 0.5) is 11.4 Å². The van der Waals surface area contributed by atoms with Gasteiger partial charge in [-0.15, -0.1) is 11.3 Å². The van der Waals surface area contributed by atoms with E-state index in [2.05, 4.69) is 10.2 Å². The zero-order chi connectivity index (χ0) is 20.9. The van der Waals surface area contributed by atoms with Gasteiger partial charge in [0, 0.05) is 37.5 Å². The van der Waals surface area contributed by atoms with Crippen molar-refractivity contribution >= 4 is 38.6 Å². The topological polar surface area (TPSA) is 69.7 Å². The number of aryl methyl sites for hydroxylation is 1. The van der Waals surface area contributed by atoms with Crippen LogP contribution in [-0.2, 0) is 21.2 Å². The number of nitrogens with zero attached hydrogens (tertiary/aromatic N) is 2. The van der Waals surface area contributed by atoms with Crippen molar-refractivity contribution in [3.05, 3.63) is 40.6 Å². The highest BCUT2D eigenvalue weighted by molar-refractivity contribution is 7.89. The minimum absolute atomic E-state index is 0.101. The highest BCUT2D eigenvalue weighted by Gasteiger charge is 2.25. The molecule has 1 aromatic heterocycles. The molecule has 0 aliphatic carbocycles. The van der Waals surface area contributed by atoms with Crippen molar-refractivity contribution in [2.24, 2.45) is 0 Å². The number of amides is 1. The molecular formula is C21H29N3O3S2. The van der Waals surface area contributed by atoms with Crippen LogP contribution in [0, 0.1) is 0 Å². The monoisotopic (exact) mass is 435 g/mol. The molecule has 8 heteroatoms. The second-order valence-electron chi connectivity index (χ2n) is 7.09. The van der Waals surface area contributed by atoms with E-state index in [-0.39, 0.29) is 10.8 Å². The van der Waals surface area contributed by atoms with Crippen molar-refractivity contribution in [2.45, 2.75) is 44.4 Å². The van der Waals surface area contributed by atoms with Crippen LogP contribution >= 0.6 is 11.3 Å². The van der Waals surface area contributed by atoms with Gasteiger partial charge < -0.3 is 10.2 Å². The number of carbonyl (C=O) groups is 1. The lowest BCUT2D eigenvalue weighted by atomic mass is 10.2. The number of carbonyl (C=O) groups excluding carboxylic acids is 1. The van der Waals surface area contributed by atoms with Crippen molar-refractivity contribution in [3.63, 3.8) is 0 Å². The molecule has 0 atom stereocenters. The Balaban J connectivity index is 1.85. The molecule has 1 aromatic carbocycles. The van der Waals surface area contributed by atoms with Crippen LogP contribution in [0.2, 0.25) is 0 Å². The summed E-state index contributed by atoms with van der Waals surface area (Å²) in [4.78, 5) is 16.2. The van der Waals surface area contributed by atoms with E-state index in [4.69, 9.17) is 0 Å². The Morgan fingerprint density at radius 3 is 2.52 bits per heavy atom. The lowest BCUT2D eigenvalue weighted by Crippen LogP contribution is -2.31. The summed E-state index contributed by atoms with van der Waals surface area (Å²) in [6.45, 7) is 6.31. The van der Waals surface area contributed by atoms with Crippen LogP contribution in [0.3, 0.4) is 0 Å². The predicted molar refractivity (Wildman–Crippen MR) is 119 cm³/mol. The fourth-order valence-corrected chi connectivity index (χ4v) is 5.82. The van der Waals surface area contributed by atoms with Gasteiger partial charge in [-0.1, -0.05) is 19.9 Å². The number of nitrogens with one attached hydrogen (secondary N) is 1. The molecule has 1 aliphatic heterocycles. The third kappa shape index (κ3) is 5.18. The first-order valence-corrected chi connectivity index (χ1v) is 12.5. The minimum Gasteiger partial charge on any atom is -0.370 e. The first-order valence-electron chi connectivity index (χ1n) is 10.2. The highest BCUT2D eigenvalue weighted by Crippen LogP contribution is 2.32. The summed E-state index contributed by atoms with van der Waals surface area (Å²) in [5, 5.41) is 4.98. The summed E-state index contributed by atoms with van der Waals surface area (Å²) in [5.41, 5.74) is 1.47. The largest absolute Gasteiger partial charge is 0.370 e. The van der Waals surface area contributed by atoms with E-state index in [0.717, 1.165) is 36.5 Å². The van der Waals surface area contributed by atoms with Crippen LogP contribution in [0.1, 0.15) is 38.0 Å². The Morgan fingerprint density at radius 1 is 1.17 bits per heavy atom. The van der Waals surface area contributed by atoms with E-state index in [1.165, 1.54) is 4.31 Å². The zero-order valence-electron chi connectivity index (χ0n) is 17.1. The lowest BCUT2D eigenvalue weighted by molar-refractivity contribution is -0.116. The molecule has 0 bridgehead atoms. The summed E-state index contributed by atoms with van der Waals surface area (Å²) < 4.78 is 27.3. The van der Waals surface area contributed by atoms with Crippen LogP contribution in [0.15, 0.2) is 40.6 Å². The number of sulfonamides is 1. The quantitative estimate of drug-likeness (QED) is 0.647. The molecule has 1 aliphatic rings. The van der Waals surface area contributed by atoms with E-state index >= 15 is 0 Å². The van der Waals surface area contributed by atoms with Crippen molar-refractivity contribution in [1.29, 1.82) is 0 Å². The maximum Gasteiger partial charge on any atom is 0.243 e. The predicted octanol–water partition coefficient (Wildman–Crippen LogP) is 3.95. The van der Waals surface area contributed by atoms with Gasteiger partial charge in [0.15, 0.2) is 0 Å². The molecular weight excluding hydrogens is 406 g/mol. The van der Waals surface area contributed by atoms with Crippen LogP contribution in [0.25, 0.3) is 0 Å². The Kier molecular flexibility index (Phi) is 7.32. The Bertz CT molecular complexity index is 917. The maximum atomic E-state index is 12.9. The molecule has 1 fully saturated rings. The molecule has 158 valence electrons. The van der Waals surface area contributed by atoms with Crippen molar-refractivity contribution in [1.82, 2.24) is 4.31 Å². The summed E-state index contributed by atoms with van der Waals surface area (Å²) in [5.74, 6) is -0.101. The third-order valence-electron chi connectivity index (χ3n) is 5.21.